The lowest BCUT2D eigenvalue weighted by Crippen LogP contribution is -2.16. The Hall–Kier alpha value is -2.29. The van der Waals surface area contributed by atoms with Gasteiger partial charge in [0.2, 0.25) is 0 Å². The molecule has 0 heterocycles. The lowest BCUT2D eigenvalue weighted by atomic mass is 10.1. The highest BCUT2D eigenvalue weighted by molar-refractivity contribution is 5.94. The first kappa shape index (κ1) is 13.1. The number of hydrogen-bond donors (Lipinski definition) is 2. The third-order valence-electron chi connectivity index (χ3n) is 3.13. The molecule has 0 aromatic heterocycles. The van der Waals surface area contributed by atoms with E-state index in [1.165, 1.54) is 16.8 Å². The highest BCUT2D eigenvalue weighted by atomic mass is 15.1. The number of rotatable bonds is 4. The van der Waals surface area contributed by atoms with Gasteiger partial charge in [0.25, 0.3) is 0 Å². The van der Waals surface area contributed by atoms with Crippen molar-refractivity contribution in [2.24, 2.45) is 5.73 Å². The van der Waals surface area contributed by atoms with Crippen LogP contribution in [0, 0.1) is 12.3 Å². The Morgan fingerprint density at radius 3 is 2.42 bits per heavy atom. The second-order valence-corrected chi connectivity index (χ2v) is 4.81. The van der Waals surface area contributed by atoms with Crippen molar-refractivity contribution in [3.05, 3.63) is 65.2 Å². The summed E-state index contributed by atoms with van der Waals surface area (Å²) in [5.74, 6) is 0.110. The highest BCUT2D eigenvalue weighted by Gasteiger charge is 2.03. The number of nitrogen functional groups attached to an aromatic ring is 1. The van der Waals surface area contributed by atoms with Crippen LogP contribution in [-0.4, -0.2) is 12.9 Å². The first-order chi connectivity index (χ1) is 9.06. The first-order valence-electron chi connectivity index (χ1n) is 6.27. The molecule has 3 heteroatoms. The van der Waals surface area contributed by atoms with E-state index in [2.05, 4.69) is 43.1 Å². The van der Waals surface area contributed by atoms with E-state index in [1.54, 1.807) is 0 Å². The minimum atomic E-state index is 0.110. The van der Waals surface area contributed by atoms with Crippen LogP contribution in [0.3, 0.4) is 0 Å². The molecule has 0 saturated heterocycles. The molecule has 0 atom stereocenters. The average molecular weight is 253 g/mol. The predicted molar refractivity (Wildman–Crippen MR) is 80.7 cm³/mol. The maximum atomic E-state index is 7.37. The second kappa shape index (κ2) is 5.57. The summed E-state index contributed by atoms with van der Waals surface area (Å²) in [7, 11) is 2.08. The lowest BCUT2D eigenvalue weighted by molar-refractivity contribution is 0.922. The van der Waals surface area contributed by atoms with Gasteiger partial charge in [0, 0.05) is 24.8 Å². The number of nitrogens with two attached hydrogens (primary N) is 1. The summed E-state index contributed by atoms with van der Waals surface area (Å²) in [4.78, 5) is 2.20. The van der Waals surface area contributed by atoms with Gasteiger partial charge in [-0.15, -0.1) is 0 Å². The van der Waals surface area contributed by atoms with Crippen LogP contribution in [0.25, 0.3) is 0 Å². The molecule has 2 aromatic rings. The minimum Gasteiger partial charge on any atom is -0.384 e. The first-order valence-corrected chi connectivity index (χ1v) is 6.27. The lowest BCUT2D eigenvalue weighted by Gasteiger charge is -2.20. The van der Waals surface area contributed by atoms with E-state index in [0.29, 0.717) is 0 Å². The molecule has 3 N–H and O–H groups in total. The van der Waals surface area contributed by atoms with Gasteiger partial charge < -0.3 is 10.6 Å². The summed E-state index contributed by atoms with van der Waals surface area (Å²) in [5, 5.41) is 7.37. The number of aryl methyl sites for hydroxylation is 1. The number of anilines is 1. The summed E-state index contributed by atoms with van der Waals surface area (Å²) in [6.07, 6.45) is 0. The molecular formula is C16H19N3. The molecule has 0 saturated carbocycles. The number of nitrogens with zero attached hydrogens (tertiary/aromatic N) is 1. The van der Waals surface area contributed by atoms with Crippen molar-refractivity contribution in [1.29, 1.82) is 5.41 Å². The summed E-state index contributed by atoms with van der Waals surface area (Å²) < 4.78 is 0. The molecule has 0 amide bonds. The van der Waals surface area contributed by atoms with Crippen LogP contribution >= 0.6 is 0 Å². The Morgan fingerprint density at radius 1 is 1.16 bits per heavy atom. The van der Waals surface area contributed by atoms with Crippen LogP contribution in [0.1, 0.15) is 16.7 Å². The summed E-state index contributed by atoms with van der Waals surface area (Å²) >= 11 is 0. The number of benzene rings is 2. The van der Waals surface area contributed by atoms with E-state index in [0.717, 1.165) is 12.1 Å². The van der Waals surface area contributed by atoms with Crippen molar-refractivity contribution in [2.45, 2.75) is 13.5 Å². The quantitative estimate of drug-likeness (QED) is 0.650. The highest BCUT2D eigenvalue weighted by Crippen LogP contribution is 2.17. The maximum absolute atomic E-state index is 7.37. The largest absolute Gasteiger partial charge is 0.384 e. The fourth-order valence-electron chi connectivity index (χ4n) is 2.02. The standard InChI is InChI=1S/C16H19N3/c1-12-4-3-5-15(10-12)19(2)11-13-6-8-14(9-7-13)16(17)18/h3-10H,11H2,1-2H3,(H3,17,18). The fraction of sp³-hybridized carbons (Fsp3) is 0.188. The molecule has 0 fully saturated rings. The van der Waals surface area contributed by atoms with Gasteiger partial charge in [-0.05, 0) is 30.2 Å². The number of nitrogens with one attached hydrogen (secondary N) is 1. The zero-order chi connectivity index (χ0) is 13.8. The molecule has 98 valence electrons. The van der Waals surface area contributed by atoms with Gasteiger partial charge in [-0.1, -0.05) is 36.4 Å². The third kappa shape index (κ3) is 3.35. The van der Waals surface area contributed by atoms with Crippen LogP contribution in [0.5, 0.6) is 0 Å². The Bertz CT molecular complexity index is 573. The molecule has 2 aromatic carbocycles. The van der Waals surface area contributed by atoms with Gasteiger partial charge in [-0.25, -0.2) is 0 Å². The average Bonchev–Trinajstić information content (AvgIpc) is 2.39. The molecule has 0 bridgehead atoms. The van der Waals surface area contributed by atoms with Gasteiger partial charge in [0.05, 0.1) is 0 Å². The van der Waals surface area contributed by atoms with Gasteiger partial charge in [-0.3, -0.25) is 5.41 Å². The van der Waals surface area contributed by atoms with Gasteiger partial charge in [-0.2, -0.15) is 0 Å². The van der Waals surface area contributed by atoms with Crippen molar-refractivity contribution in [1.82, 2.24) is 0 Å². The number of hydrogen-bond acceptors (Lipinski definition) is 2. The smallest absolute Gasteiger partial charge is 0.122 e. The van der Waals surface area contributed by atoms with E-state index >= 15 is 0 Å². The Morgan fingerprint density at radius 2 is 1.84 bits per heavy atom. The molecule has 3 nitrogen and oxygen atoms in total. The maximum Gasteiger partial charge on any atom is 0.122 e. The summed E-state index contributed by atoms with van der Waals surface area (Å²) in [6.45, 7) is 2.93. The molecule has 19 heavy (non-hydrogen) atoms. The zero-order valence-corrected chi connectivity index (χ0v) is 11.4. The topological polar surface area (TPSA) is 53.1 Å². The van der Waals surface area contributed by atoms with E-state index < -0.39 is 0 Å². The molecule has 0 aliphatic heterocycles. The van der Waals surface area contributed by atoms with E-state index in [-0.39, 0.29) is 5.84 Å². The predicted octanol–water partition coefficient (Wildman–Crippen LogP) is 2.92. The van der Waals surface area contributed by atoms with Gasteiger partial charge in [0.15, 0.2) is 0 Å². The Labute approximate surface area is 114 Å². The molecule has 0 radical (unpaired) electrons. The Balaban J connectivity index is 2.10. The van der Waals surface area contributed by atoms with Crippen LogP contribution < -0.4 is 10.6 Å². The van der Waals surface area contributed by atoms with Crippen molar-refractivity contribution < 1.29 is 0 Å². The normalized spacial score (nSPS) is 10.2. The van der Waals surface area contributed by atoms with Crippen molar-refractivity contribution in [3.63, 3.8) is 0 Å². The second-order valence-electron chi connectivity index (χ2n) is 4.81. The third-order valence-corrected chi connectivity index (χ3v) is 3.13. The van der Waals surface area contributed by atoms with Crippen LogP contribution in [-0.2, 0) is 6.54 Å². The van der Waals surface area contributed by atoms with Crippen molar-refractivity contribution in [2.75, 3.05) is 11.9 Å². The molecule has 0 aliphatic carbocycles. The zero-order valence-electron chi connectivity index (χ0n) is 11.4. The van der Waals surface area contributed by atoms with Crippen LogP contribution in [0.4, 0.5) is 5.69 Å². The molecular weight excluding hydrogens is 234 g/mol. The monoisotopic (exact) mass is 253 g/mol. The van der Waals surface area contributed by atoms with Crippen LogP contribution in [0.2, 0.25) is 0 Å². The van der Waals surface area contributed by atoms with E-state index in [1.807, 2.05) is 24.3 Å². The molecule has 0 unspecified atom stereocenters. The summed E-state index contributed by atoms with van der Waals surface area (Å²) in [6, 6.07) is 16.3. The fourth-order valence-corrected chi connectivity index (χ4v) is 2.02. The minimum absolute atomic E-state index is 0.110. The van der Waals surface area contributed by atoms with Crippen molar-refractivity contribution >= 4 is 11.5 Å². The molecule has 0 spiro atoms. The van der Waals surface area contributed by atoms with E-state index in [9.17, 15) is 0 Å². The summed E-state index contributed by atoms with van der Waals surface area (Å²) in [5.41, 5.74) is 9.88. The van der Waals surface area contributed by atoms with Crippen LogP contribution in [0.15, 0.2) is 48.5 Å². The molecule has 0 aliphatic rings. The SMILES string of the molecule is Cc1cccc(N(C)Cc2ccc(C(=N)N)cc2)c1. The Kier molecular flexibility index (Phi) is 3.85. The molecule has 2 rings (SSSR count). The number of amidine groups is 1. The van der Waals surface area contributed by atoms with Crippen molar-refractivity contribution in [3.8, 4) is 0 Å². The van der Waals surface area contributed by atoms with Gasteiger partial charge >= 0.3 is 0 Å². The van der Waals surface area contributed by atoms with Gasteiger partial charge in [0.1, 0.15) is 5.84 Å². The van der Waals surface area contributed by atoms with E-state index in [4.69, 9.17) is 11.1 Å².